The first kappa shape index (κ1) is 26.8. The molecule has 39 heavy (non-hydrogen) atoms. The Balaban J connectivity index is 1.18. The average Bonchev–Trinajstić information content (AvgIpc) is 3.44. The Morgan fingerprint density at radius 1 is 1.13 bits per heavy atom. The van der Waals surface area contributed by atoms with Crippen LogP contribution in [0.3, 0.4) is 0 Å². The van der Waals surface area contributed by atoms with Gasteiger partial charge in [0.2, 0.25) is 5.91 Å². The lowest BCUT2D eigenvalue weighted by molar-refractivity contribution is -0.118. The van der Waals surface area contributed by atoms with Gasteiger partial charge in [-0.25, -0.2) is 14.4 Å². The van der Waals surface area contributed by atoms with E-state index in [-0.39, 0.29) is 17.8 Å². The molecular weight excluding hydrogens is 495 g/mol. The maximum absolute atomic E-state index is 13.1. The minimum atomic E-state index is -0.188. The first-order chi connectivity index (χ1) is 19.0. The summed E-state index contributed by atoms with van der Waals surface area (Å²) in [4.78, 5) is 28.1. The van der Waals surface area contributed by atoms with Crippen LogP contribution in [0, 0.1) is 5.82 Å². The fourth-order valence-corrected chi connectivity index (χ4v) is 5.04. The normalized spacial score (nSPS) is 14.5. The molecule has 1 amide bonds. The van der Waals surface area contributed by atoms with E-state index in [0.717, 1.165) is 67.0 Å². The first-order valence-electron chi connectivity index (χ1n) is 13.5. The van der Waals surface area contributed by atoms with Crippen molar-refractivity contribution in [1.82, 2.24) is 25.2 Å². The number of amides is 1. The highest BCUT2D eigenvalue weighted by atomic mass is 19.1. The van der Waals surface area contributed by atoms with Crippen molar-refractivity contribution in [3.05, 3.63) is 84.1 Å². The molecule has 0 radical (unpaired) electrons. The maximum atomic E-state index is 13.1. The van der Waals surface area contributed by atoms with Gasteiger partial charge in [-0.1, -0.05) is 24.3 Å². The molecule has 3 heterocycles. The maximum Gasteiger partial charge on any atom is 0.216 e. The van der Waals surface area contributed by atoms with E-state index in [1.807, 2.05) is 30.5 Å². The Morgan fingerprint density at radius 2 is 1.95 bits per heavy atom. The van der Waals surface area contributed by atoms with Gasteiger partial charge in [0.1, 0.15) is 23.6 Å². The summed E-state index contributed by atoms with van der Waals surface area (Å²) in [5, 5.41) is 3.81. The number of halogens is 1. The SMILES string of the molecule is CC(=O)NCCN(c1cccc(COC2CCN(CCc3ccc(F)cc3)CC2)c1)c1ncnc2[nH]ccc12. The van der Waals surface area contributed by atoms with E-state index in [9.17, 15) is 9.18 Å². The van der Waals surface area contributed by atoms with E-state index in [2.05, 4.69) is 48.3 Å². The highest BCUT2D eigenvalue weighted by Gasteiger charge is 2.20. The molecule has 0 spiro atoms. The van der Waals surface area contributed by atoms with Gasteiger partial charge in [-0.2, -0.15) is 0 Å². The third-order valence-corrected chi connectivity index (χ3v) is 7.17. The number of H-pyrrole nitrogens is 1. The summed E-state index contributed by atoms with van der Waals surface area (Å²) in [6.45, 7) is 6.10. The van der Waals surface area contributed by atoms with Crippen LogP contribution in [-0.2, 0) is 22.6 Å². The minimum Gasteiger partial charge on any atom is -0.373 e. The van der Waals surface area contributed by atoms with Crippen LogP contribution in [-0.4, -0.2) is 64.6 Å². The van der Waals surface area contributed by atoms with Crippen molar-refractivity contribution in [2.45, 2.75) is 38.9 Å². The van der Waals surface area contributed by atoms with E-state index in [1.165, 1.54) is 24.6 Å². The smallest absolute Gasteiger partial charge is 0.216 e. The van der Waals surface area contributed by atoms with Crippen LogP contribution in [0.15, 0.2) is 67.1 Å². The molecule has 1 aliphatic rings. The van der Waals surface area contributed by atoms with Gasteiger partial charge in [-0.15, -0.1) is 0 Å². The zero-order valence-electron chi connectivity index (χ0n) is 22.3. The number of nitrogens with one attached hydrogen (secondary N) is 2. The standard InChI is InChI=1S/C30H35FN6O2/c1-22(38)32-14-18-37(30-28-9-13-33-29(28)34-21-35-30)26-4-2-3-24(19-26)20-39-27-11-16-36(17-12-27)15-10-23-5-7-25(31)8-6-23/h2-9,13,19,21,27H,10-12,14-18,20H2,1H3,(H,32,38)(H,33,34,35). The number of nitrogens with zero attached hydrogens (tertiary/aromatic N) is 4. The quantitative estimate of drug-likeness (QED) is 0.295. The van der Waals surface area contributed by atoms with E-state index < -0.39 is 0 Å². The number of piperidine rings is 1. The van der Waals surface area contributed by atoms with Crippen LogP contribution >= 0.6 is 0 Å². The summed E-state index contributed by atoms with van der Waals surface area (Å²) in [5.74, 6) is 0.540. The number of likely N-dealkylation sites (tertiary alicyclic amines) is 1. The largest absolute Gasteiger partial charge is 0.373 e. The monoisotopic (exact) mass is 530 g/mol. The molecule has 0 bridgehead atoms. The number of hydrogen-bond acceptors (Lipinski definition) is 6. The third kappa shape index (κ3) is 7.19. The van der Waals surface area contributed by atoms with Crippen molar-refractivity contribution in [2.24, 2.45) is 0 Å². The Bertz CT molecular complexity index is 1370. The molecule has 0 saturated carbocycles. The molecule has 8 nitrogen and oxygen atoms in total. The summed E-state index contributed by atoms with van der Waals surface area (Å²) in [6, 6.07) is 17.1. The van der Waals surface area contributed by atoms with Crippen LogP contribution < -0.4 is 10.2 Å². The third-order valence-electron chi connectivity index (χ3n) is 7.17. The Kier molecular flexibility index (Phi) is 8.80. The fourth-order valence-electron chi connectivity index (χ4n) is 5.04. The summed E-state index contributed by atoms with van der Waals surface area (Å²) in [6.07, 6.45) is 6.56. The van der Waals surface area contributed by atoms with Gasteiger partial charge in [0.15, 0.2) is 0 Å². The number of hydrogen-bond donors (Lipinski definition) is 2. The van der Waals surface area contributed by atoms with Crippen LogP contribution in [0.5, 0.6) is 0 Å². The van der Waals surface area contributed by atoms with Gasteiger partial charge in [-0.3, -0.25) is 4.79 Å². The molecule has 1 fully saturated rings. The second-order valence-corrected chi connectivity index (χ2v) is 9.97. The van der Waals surface area contributed by atoms with Crippen molar-refractivity contribution in [2.75, 3.05) is 37.6 Å². The molecule has 0 unspecified atom stereocenters. The van der Waals surface area contributed by atoms with Crippen LogP contribution in [0.2, 0.25) is 0 Å². The van der Waals surface area contributed by atoms with E-state index in [0.29, 0.717) is 19.7 Å². The highest BCUT2D eigenvalue weighted by Crippen LogP contribution is 2.30. The predicted molar refractivity (Wildman–Crippen MR) is 150 cm³/mol. The molecule has 4 aromatic rings. The molecular formula is C30H35FN6O2. The van der Waals surface area contributed by atoms with Crippen molar-refractivity contribution < 1.29 is 13.9 Å². The zero-order valence-corrected chi connectivity index (χ0v) is 22.3. The second-order valence-electron chi connectivity index (χ2n) is 9.97. The molecule has 0 atom stereocenters. The first-order valence-corrected chi connectivity index (χ1v) is 13.5. The van der Waals surface area contributed by atoms with E-state index in [1.54, 1.807) is 6.33 Å². The molecule has 2 aromatic carbocycles. The molecule has 2 N–H and O–H groups in total. The van der Waals surface area contributed by atoms with Crippen LogP contribution in [0.25, 0.3) is 11.0 Å². The number of aromatic nitrogens is 3. The molecule has 1 saturated heterocycles. The zero-order chi connectivity index (χ0) is 27.0. The topological polar surface area (TPSA) is 86.4 Å². The molecule has 0 aliphatic carbocycles. The van der Waals surface area contributed by atoms with Gasteiger partial charge in [0.05, 0.1) is 18.1 Å². The van der Waals surface area contributed by atoms with Gasteiger partial charge in [0.25, 0.3) is 0 Å². The van der Waals surface area contributed by atoms with Gasteiger partial charge in [0, 0.05) is 51.5 Å². The Morgan fingerprint density at radius 3 is 2.74 bits per heavy atom. The lowest BCUT2D eigenvalue weighted by Gasteiger charge is -2.32. The Hall–Kier alpha value is -3.82. The molecule has 1 aliphatic heterocycles. The highest BCUT2D eigenvalue weighted by molar-refractivity contribution is 5.89. The predicted octanol–water partition coefficient (Wildman–Crippen LogP) is 4.59. The lowest BCUT2D eigenvalue weighted by Crippen LogP contribution is -2.38. The summed E-state index contributed by atoms with van der Waals surface area (Å²) in [5.41, 5.74) is 4.02. The number of carbonyl (C=O) groups excluding carboxylic acids is 1. The summed E-state index contributed by atoms with van der Waals surface area (Å²) < 4.78 is 19.5. The van der Waals surface area contributed by atoms with Crippen molar-refractivity contribution in [1.29, 1.82) is 0 Å². The van der Waals surface area contributed by atoms with Crippen molar-refractivity contribution in [3.8, 4) is 0 Å². The van der Waals surface area contributed by atoms with E-state index >= 15 is 0 Å². The number of anilines is 2. The average molecular weight is 531 g/mol. The number of rotatable bonds is 11. The minimum absolute atomic E-state index is 0.0620. The van der Waals surface area contributed by atoms with Gasteiger partial charge < -0.3 is 24.8 Å². The van der Waals surface area contributed by atoms with Crippen LogP contribution in [0.1, 0.15) is 30.9 Å². The molecule has 9 heteroatoms. The lowest BCUT2D eigenvalue weighted by atomic mass is 10.1. The van der Waals surface area contributed by atoms with Gasteiger partial charge >= 0.3 is 0 Å². The molecule has 204 valence electrons. The molecule has 5 rings (SSSR count). The number of ether oxygens (including phenoxy) is 1. The van der Waals surface area contributed by atoms with Crippen LogP contribution in [0.4, 0.5) is 15.9 Å². The van der Waals surface area contributed by atoms with E-state index in [4.69, 9.17) is 4.74 Å². The molecule has 2 aromatic heterocycles. The van der Waals surface area contributed by atoms with Gasteiger partial charge in [-0.05, 0) is 60.7 Å². The number of benzene rings is 2. The van der Waals surface area contributed by atoms with Crippen molar-refractivity contribution >= 4 is 28.4 Å². The number of aromatic amines is 1. The summed E-state index contributed by atoms with van der Waals surface area (Å²) in [7, 11) is 0. The summed E-state index contributed by atoms with van der Waals surface area (Å²) >= 11 is 0. The number of carbonyl (C=O) groups is 1. The van der Waals surface area contributed by atoms with Crippen molar-refractivity contribution in [3.63, 3.8) is 0 Å². The number of fused-ring (bicyclic) bond motifs is 1. The Labute approximate surface area is 228 Å². The fraction of sp³-hybridized carbons (Fsp3) is 0.367. The second kappa shape index (κ2) is 12.8.